The van der Waals surface area contributed by atoms with Crippen molar-refractivity contribution in [2.45, 2.75) is 31.1 Å². The molecule has 11 nitrogen and oxygen atoms in total. The summed E-state index contributed by atoms with van der Waals surface area (Å²) in [6.07, 6.45) is 0.0625. The second-order valence-corrected chi connectivity index (χ2v) is 10.7. The van der Waals surface area contributed by atoms with E-state index in [1.54, 1.807) is 48.5 Å². The molecule has 0 aromatic heterocycles. The van der Waals surface area contributed by atoms with E-state index in [-0.39, 0.29) is 17.7 Å². The molecule has 1 saturated carbocycles. The van der Waals surface area contributed by atoms with Gasteiger partial charge in [0.1, 0.15) is 28.9 Å². The molecule has 0 spiro atoms. The van der Waals surface area contributed by atoms with Crippen LogP contribution in [0.3, 0.4) is 0 Å². The summed E-state index contributed by atoms with van der Waals surface area (Å²) < 4.78 is 5.90. The third-order valence-corrected chi connectivity index (χ3v) is 8.18. The second kappa shape index (κ2) is 10.3. The van der Waals surface area contributed by atoms with Gasteiger partial charge in [-0.05, 0) is 36.9 Å². The summed E-state index contributed by atoms with van der Waals surface area (Å²) >= 11 is 0. The fraction of sp³-hybridized carbons (Fsp3) is 0.290. The van der Waals surface area contributed by atoms with Crippen LogP contribution in [-0.4, -0.2) is 80.6 Å². The van der Waals surface area contributed by atoms with Gasteiger partial charge < -0.3 is 30.9 Å². The van der Waals surface area contributed by atoms with E-state index < -0.39 is 75.7 Å². The number of hydrogen-bond acceptors (Lipinski definition) is 10. The Morgan fingerprint density at radius 2 is 1.71 bits per heavy atom. The molecule has 5 rings (SSSR count). The third-order valence-electron chi connectivity index (χ3n) is 8.18. The quantitative estimate of drug-likeness (QED) is 0.261. The van der Waals surface area contributed by atoms with Gasteiger partial charge in [0.2, 0.25) is 5.78 Å². The van der Waals surface area contributed by atoms with Gasteiger partial charge in [0, 0.05) is 6.42 Å². The highest BCUT2D eigenvalue weighted by molar-refractivity contribution is 6.25. The number of aromatic hydroxyl groups is 1. The number of rotatable bonds is 5. The van der Waals surface area contributed by atoms with Crippen molar-refractivity contribution in [2.75, 3.05) is 14.1 Å². The van der Waals surface area contributed by atoms with E-state index in [0.717, 1.165) is 0 Å². The van der Waals surface area contributed by atoms with E-state index >= 15 is 0 Å². The number of phenols is 1. The molecule has 0 heterocycles. The smallest absolute Gasteiger partial charge is 0.305 e. The van der Waals surface area contributed by atoms with Gasteiger partial charge in [-0.2, -0.15) is 0 Å². The molecule has 3 aliphatic rings. The zero-order chi connectivity index (χ0) is 30.7. The van der Waals surface area contributed by atoms with Crippen molar-refractivity contribution in [1.82, 2.24) is 4.90 Å². The minimum absolute atomic E-state index is 0.114. The number of ether oxygens (including phenoxy) is 1. The Labute approximate surface area is 240 Å². The summed E-state index contributed by atoms with van der Waals surface area (Å²) in [5.74, 6) is -9.58. The molecule has 0 unspecified atom stereocenters. The normalized spacial score (nSPS) is 28.0. The van der Waals surface area contributed by atoms with Crippen molar-refractivity contribution in [3.05, 3.63) is 82.1 Å². The number of phenolic OH excluding ortho intramolecular Hbond substituents is 1. The summed E-state index contributed by atoms with van der Waals surface area (Å²) in [4.78, 5) is 54.6. The molecule has 218 valence electrons. The average molecular weight is 575 g/mol. The number of primary amides is 1. The number of esters is 1. The number of nitrogens with two attached hydrogens (primary N) is 1. The maximum atomic E-state index is 14.4. The predicted molar refractivity (Wildman–Crippen MR) is 150 cm³/mol. The third kappa shape index (κ3) is 4.04. The van der Waals surface area contributed by atoms with Gasteiger partial charge in [0.25, 0.3) is 5.91 Å². The molecular formula is C31H30N2O9. The van der Waals surface area contributed by atoms with E-state index in [9.17, 15) is 39.6 Å². The summed E-state index contributed by atoms with van der Waals surface area (Å²) in [5, 5.41) is 45.7. The van der Waals surface area contributed by atoms with Crippen molar-refractivity contribution < 1.29 is 44.3 Å². The lowest BCUT2D eigenvalue weighted by Gasteiger charge is -2.53. The summed E-state index contributed by atoms with van der Waals surface area (Å²) in [6.45, 7) is 1.53. The van der Waals surface area contributed by atoms with E-state index in [4.69, 9.17) is 10.5 Å². The number of nitrogens with zero attached hydrogens (tertiary/aromatic N) is 1. The van der Waals surface area contributed by atoms with Crippen LogP contribution in [0.2, 0.25) is 0 Å². The van der Waals surface area contributed by atoms with Crippen molar-refractivity contribution >= 4 is 40.9 Å². The van der Waals surface area contributed by atoms with E-state index in [0.29, 0.717) is 16.7 Å². The van der Waals surface area contributed by atoms with Crippen molar-refractivity contribution in [1.29, 1.82) is 0 Å². The number of fused-ring (bicyclic) bond motifs is 3. The first-order valence-corrected chi connectivity index (χ1v) is 13.3. The SMILES string of the molecule is CCC(=O)O[C@@H]1[C@H]2[C@H](N(C)C)C(=O)C(C(N)=O)=C(O)[C@@]2(O)C(=O)C2=C(O)c3c(O)cccc3/C(=C\c3ccccc3)[C@H]21. The van der Waals surface area contributed by atoms with Crippen LogP contribution < -0.4 is 5.73 Å². The van der Waals surface area contributed by atoms with E-state index in [1.807, 2.05) is 0 Å². The topological polar surface area (TPSA) is 188 Å². The van der Waals surface area contributed by atoms with Crippen LogP contribution in [0.25, 0.3) is 17.4 Å². The standard InChI is InChI=1S/C31H30N2O9/c1-4-18(35)42-27-20-16(13-14-9-6-5-7-10-14)15-11-8-12-17(34)19(15)25(36)21(20)28(38)31(41)23(27)24(33(2)3)26(37)22(29(31)39)30(32)40/h5-13,20,23-24,27,34,36,39,41H,4H2,1-3H3,(H2,32,40)/b16-13+/t20-,23-,24+,27+,31+/m1/s1. The van der Waals surface area contributed by atoms with Crippen LogP contribution >= 0.6 is 0 Å². The predicted octanol–water partition coefficient (Wildman–Crippen LogP) is 1.89. The molecule has 5 atom stereocenters. The Morgan fingerprint density at radius 3 is 2.31 bits per heavy atom. The van der Waals surface area contributed by atoms with Crippen LogP contribution in [0.15, 0.2) is 65.4 Å². The summed E-state index contributed by atoms with van der Waals surface area (Å²) in [6, 6.07) is 11.9. The number of benzene rings is 2. The molecule has 1 amide bonds. The maximum Gasteiger partial charge on any atom is 0.305 e. The number of carbonyl (C=O) groups excluding carboxylic acids is 4. The Bertz CT molecular complexity index is 1620. The van der Waals surface area contributed by atoms with Crippen LogP contribution in [0, 0.1) is 11.8 Å². The first-order chi connectivity index (χ1) is 19.9. The first-order valence-electron chi connectivity index (χ1n) is 13.3. The molecule has 0 radical (unpaired) electrons. The zero-order valence-electron chi connectivity index (χ0n) is 23.1. The van der Waals surface area contributed by atoms with Gasteiger partial charge in [0.15, 0.2) is 11.4 Å². The molecule has 1 fully saturated rings. The lowest BCUT2D eigenvalue weighted by Crippen LogP contribution is -2.70. The lowest BCUT2D eigenvalue weighted by molar-refractivity contribution is -0.181. The number of Topliss-reactive ketones (excluding diaryl/α,β-unsaturated/α-hetero) is 2. The summed E-state index contributed by atoms with van der Waals surface area (Å²) in [7, 11) is 2.93. The van der Waals surface area contributed by atoms with Gasteiger partial charge >= 0.3 is 5.97 Å². The minimum Gasteiger partial charge on any atom is -0.508 e. The number of hydrogen-bond donors (Lipinski definition) is 5. The Hall–Kier alpha value is -4.74. The Morgan fingerprint density at radius 1 is 1.05 bits per heavy atom. The van der Waals surface area contributed by atoms with Crippen LogP contribution in [0.4, 0.5) is 0 Å². The van der Waals surface area contributed by atoms with Gasteiger partial charge in [-0.1, -0.05) is 55.5 Å². The highest BCUT2D eigenvalue weighted by atomic mass is 16.5. The van der Waals surface area contributed by atoms with Gasteiger partial charge in [0.05, 0.1) is 29.0 Å². The Balaban J connectivity index is 1.92. The maximum absolute atomic E-state index is 14.4. The number of ketones is 2. The minimum atomic E-state index is -3.01. The monoisotopic (exact) mass is 574 g/mol. The number of aliphatic hydroxyl groups excluding tert-OH is 2. The van der Waals surface area contributed by atoms with E-state index in [1.165, 1.54) is 32.0 Å². The van der Waals surface area contributed by atoms with E-state index in [2.05, 4.69) is 0 Å². The first kappa shape index (κ1) is 28.8. The Kier molecular flexibility index (Phi) is 7.04. The van der Waals surface area contributed by atoms with Gasteiger partial charge in [-0.25, -0.2) is 0 Å². The number of likely N-dealkylation sites (N-methyl/N-ethyl adjacent to an activating group) is 1. The molecule has 11 heteroatoms. The molecule has 6 N–H and O–H groups in total. The molecule has 2 aromatic carbocycles. The van der Waals surface area contributed by atoms with Gasteiger partial charge in [-0.15, -0.1) is 0 Å². The highest BCUT2D eigenvalue weighted by Gasteiger charge is 2.69. The van der Waals surface area contributed by atoms with Crippen molar-refractivity contribution in [3.8, 4) is 5.75 Å². The molecule has 2 aromatic rings. The van der Waals surface area contributed by atoms with Crippen LogP contribution in [0.5, 0.6) is 5.75 Å². The summed E-state index contributed by atoms with van der Waals surface area (Å²) in [5.41, 5.74) is 2.18. The zero-order valence-corrected chi connectivity index (χ0v) is 23.1. The molecular weight excluding hydrogens is 544 g/mol. The van der Waals surface area contributed by atoms with Crippen LogP contribution in [-0.2, 0) is 23.9 Å². The molecule has 0 aliphatic heterocycles. The van der Waals surface area contributed by atoms with Crippen LogP contribution in [0.1, 0.15) is 30.0 Å². The second-order valence-electron chi connectivity index (χ2n) is 10.7. The average Bonchev–Trinajstić information content (AvgIpc) is 2.94. The fourth-order valence-electron chi connectivity index (χ4n) is 6.38. The largest absolute Gasteiger partial charge is 0.508 e. The van der Waals surface area contributed by atoms with Crippen molar-refractivity contribution in [2.24, 2.45) is 17.6 Å². The number of amides is 1. The van der Waals surface area contributed by atoms with Gasteiger partial charge in [-0.3, -0.25) is 24.1 Å². The molecule has 0 saturated heterocycles. The fourth-order valence-corrected chi connectivity index (χ4v) is 6.38. The highest BCUT2D eigenvalue weighted by Crippen LogP contribution is 2.57. The number of carbonyl (C=O) groups is 4. The molecule has 42 heavy (non-hydrogen) atoms. The lowest BCUT2D eigenvalue weighted by atomic mass is 9.55. The molecule has 3 aliphatic carbocycles. The number of aliphatic hydroxyl groups is 3. The molecule has 0 bridgehead atoms. The van der Waals surface area contributed by atoms with Crippen molar-refractivity contribution in [3.63, 3.8) is 0 Å².